The van der Waals surface area contributed by atoms with E-state index >= 15 is 0 Å². The van der Waals surface area contributed by atoms with Crippen molar-refractivity contribution in [3.05, 3.63) is 101 Å². The third-order valence-electron chi connectivity index (χ3n) is 8.02. The van der Waals surface area contributed by atoms with E-state index in [2.05, 4.69) is 15.3 Å². The maximum absolute atomic E-state index is 13.8. The quantitative estimate of drug-likeness (QED) is 0.256. The van der Waals surface area contributed by atoms with Gasteiger partial charge in [-0.15, -0.1) is 0 Å². The Morgan fingerprint density at radius 3 is 2.49 bits per heavy atom. The zero-order valence-corrected chi connectivity index (χ0v) is 26.4. The zero-order valence-electron chi connectivity index (χ0n) is 26.4. The molecule has 0 unspecified atom stereocenters. The van der Waals surface area contributed by atoms with E-state index in [-0.39, 0.29) is 30.4 Å². The van der Waals surface area contributed by atoms with E-state index in [1.54, 1.807) is 36.2 Å². The molecule has 0 aliphatic carbocycles. The Labute approximate surface area is 264 Å². The molecular weight excluding hydrogens is 570 g/mol. The first-order valence-electron chi connectivity index (χ1n) is 15.2. The van der Waals surface area contributed by atoms with Gasteiger partial charge in [-0.3, -0.25) is 19.2 Å². The van der Waals surface area contributed by atoms with Gasteiger partial charge in [-0.25, -0.2) is 0 Å². The van der Waals surface area contributed by atoms with Crippen LogP contribution in [-0.2, 0) is 13.6 Å². The van der Waals surface area contributed by atoms with Crippen molar-refractivity contribution in [3.63, 3.8) is 0 Å². The van der Waals surface area contributed by atoms with Crippen LogP contribution < -0.4 is 14.8 Å². The number of aromatic nitrogens is 2. The molecule has 0 saturated carbocycles. The molecule has 4 aromatic rings. The number of fused-ring (bicyclic) bond motifs is 1. The van der Waals surface area contributed by atoms with Crippen LogP contribution in [0.15, 0.2) is 78.9 Å². The minimum absolute atomic E-state index is 0.0799. The number of carbonyl (C=O) groups excluding carboxylic acids is 2. The van der Waals surface area contributed by atoms with Gasteiger partial charge in [-0.2, -0.15) is 5.10 Å². The molecular formula is C35H41N5O5. The van der Waals surface area contributed by atoms with Gasteiger partial charge in [0.05, 0.1) is 29.6 Å². The van der Waals surface area contributed by atoms with Crippen molar-refractivity contribution in [1.82, 2.24) is 19.6 Å². The Morgan fingerprint density at radius 2 is 1.82 bits per heavy atom. The maximum atomic E-state index is 13.8. The van der Waals surface area contributed by atoms with Crippen LogP contribution in [-0.4, -0.2) is 75.4 Å². The highest BCUT2D eigenvalue weighted by molar-refractivity contribution is 6.06. The summed E-state index contributed by atoms with van der Waals surface area (Å²) in [5.74, 6) is 1.18. The fourth-order valence-electron chi connectivity index (χ4n) is 5.54. The minimum Gasteiger partial charge on any atom is -0.486 e. The van der Waals surface area contributed by atoms with Gasteiger partial charge in [0.25, 0.3) is 11.8 Å². The lowest BCUT2D eigenvalue weighted by Crippen LogP contribution is -2.49. The van der Waals surface area contributed by atoms with Crippen LogP contribution in [0.25, 0.3) is 0 Å². The van der Waals surface area contributed by atoms with E-state index < -0.39 is 6.04 Å². The largest absolute Gasteiger partial charge is 0.486 e. The Balaban J connectivity index is 1.37. The second kappa shape index (κ2) is 14.0. The normalized spacial score (nSPS) is 17.2. The zero-order chi connectivity index (χ0) is 32.1. The van der Waals surface area contributed by atoms with Gasteiger partial charge in [0.15, 0.2) is 5.75 Å². The van der Waals surface area contributed by atoms with Gasteiger partial charge in [-0.1, -0.05) is 43.3 Å². The van der Waals surface area contributed by atoms with Crippen LogP contribution in [0.4, 0.5) is 5.69 Å². The van der Waals surface area contributed by atoms with Crippen molar-refractivity contribution >= 4 is 17.5 Å². The molecule has 1 aliphatic heterocycles. The molecule has 1 aliphatic rings. The van der Waals surface area contributed by atoms with Crippen molar-refractivity contribution in [3.8, 4) is 17.2 Å². The number of hydrogen-bond acceptors (Lipinski definition) is 7. The molecule has 2 heterocycles. The third-order valence-corrected chi connectivity index (χ3v) is 8.02. The van der Waals surface area contributed by atoms with Gasteiger partial charge >= 0.3 is 0 Å². The molecule has 0 fully saturated rings. The predicted octanol–water partition coefficient (Wildman–Crippen LogP) is 5.13. The number of nitrogens with one attached hydrogen (secondary N) is 1. The molecule has 3 atom stereocenters. The van der Waals surface area contributed by atoms with Crippen molar-refractivity contribution < 1.29 is 24.2 Å². The highest BCUT2D eigenvalue weighted by Gasteiger charge is 2.34. The molecule has 1 aromatic heterocycles. The lowest BCUT2D eigenvalue weighted by molar-refractivity contribution is 0.0343. The minimum atomic E-state index is -0.392. The fraction of sp³-hybridized carbons (Fsp3) is 0.343. The monoisotopic (exact) mass is 611 g/mol. The van der Waals surface area contributed by atoms with Crippen molar-refractivity contribution in [2.24, 2.45) is 13.0 Å². The molecule has 45 heavy (non-hydrogen) atoms. The Morgan fingerprint density at radius 1 is 1.11 bits per heavy atom. The van der Waals surface area contributed by atoms with Crippen molar-refractivity contribution in [2.45, 2.75) is 39.5 Å². The molecule has 236 valence electrons. The number of hydrogen-bond donors (Lipinski definition) is 2. The molecule has 3 aromatic carbocycles. The number of rotatable bonds is 10. The lowest BCUT2D eigenvalue weighted by Gasteiger charge is -2.38. The summed E-state index contributed by atoms with van der Waals surface area (Å²) in [6, 6.07) is 24.2. The average Bonchev–Trinajstić information content (AvgIpc) is 3.37. The Hall–Kier alpha value is -4.67. The van der Waals surface area contributed by atoms with Crippen LogP contribution in [0.2, 0.25) is 0 Å². The number of para-hydroxylation sites is 2. The molecule has 0 saturated heterocycles. The van der Waals surface area contributed by atoms with Crippen LogP contribution in [0.1, 0.15) is 46.0 Å². The summed E-state index contributed by atoms with van der Waals surface area (Å²) in [7, 11) is 3.74. The lowest BCUT2D eigenvalue weighted by atomic mass is 9.98. The molecule has 5 rings (SSSR count). The van der Waals surface area contributed by atoms with Gasteiger partial charge in [0, 0.05) is 32.6 Å². The number of carbonyl (C=O) groups is 2. The van der Waals surface area contributed by atoms with Crippen LogP contribution in [0.5, 0.6) is 17.2 Å². The van der Waals surface area contributed by atoms with Gasteiger partial charge in [0.2, 0.25) is 0 Å². The summed E-state index contributed by atoms with van der Waals surface area (Å²) in [4.78, 5) is 30.9. The first-order valence-corrected chi connectivity index (χ1v) is 15.2. The average molecular weight is 612 g/mol. The van der Waals surface area contributed by atoms with E-state index in [1.807, 2.05) is 82.4 Å². The summed E-state index contributed by atoms with van der Waals surface area (Å²) in [5.41, 5.74) is 2.96. The molecule has 0 radical (unpaired) electrons. The second-order valence-electron chi connectivity index (χ2n) is 11.8. The third kappa shape index (κ3) is 7.53. The highest BCUT2D eigenvalue weighted by atomic mass is 16.5. The summed E-state index contributed by atoms with van der Waals surface area (Å²) in [6.07, 6.45) is -0.326. The standard InChI is InChI=1S/C35H41N5O5/c1-23-19-40(25(3)22-41)35(43)29-12-9-13-30(36-34(42)31-18-24(2)37-39(31)5)33(29)45-32(23)21-38(4)20-26-14-16-28(17-15-26)44-27-10-7-6-8-11-27/h6-18,23,25,32,41H,19-22H2,1-5H3,(H,36,42)/t23-,25+,32+/m1/s1. The Bertz CT molecular complexity index is 1620. The van der Waals surface area contributed by atoms with E-state index in [0.29, 0.717) is 42.3 Å². The maximum Gasteiger partial charge on any atom is 0.274 e. The molecule has 2 amide bonds. The molecule has 10 heteroatoms. The second-order valence-corrected chi connectivity index (χ2v) is 11.8. The van der Waals surface area contributed by atoms with Crippen LogP contribution >= 0.6 is 0 Å². The summed E-state index contributed by atoms with van der Waals surface area (Å²) in [5, 5.41) is 17.2. The van der Waals surface area contributed by atoms with E-state index in [9.17, 15) is 14.7 Å². The number of nitrogens with zero attached hydrogens (tertiary/aromatic N) is 4. The first kappa shape index (κ1) is 31.7. The van der Waals surface area contributed by atoms with Gasteiger partial charge in [0.1, 0.15) is 23.3 Å². The fourth-order valence-corrected chi connectivity index (χ4v) is 5.54. The van der Waals surface area contributed by atoms with Crippen molar-refractivity contribution in [1.29, 1.82) is 0 Å². The smallest absolute Gasteiger partial charge is 0.274 e. The number of amides is 2. The predicted molar refractivity (Wildman–Crippen MR) is 173 cm³/mol. The van der Waals surface area contributed by atoms with Gasteiger partial charge < -0.3 is 24.8 Å². The van der Waals surface area contributed by atoms with Crippen molar-refractivity contribution in [2.75, 3.05) is 32.1 Å². The Kier molecular flexibility index (Phi) is 9.85. The van der Waals surface area contributed by atoms with Crippen LogP contribution in [0.3, 0.4) is 0 Å². The number of likely N-dealkylation sites (N-methyl/N-ethyl adjacent to an activating group) is 1. The van der Waals surface area contributed by atoms with Gasteiger partial charge in [-0.05, 0) is 68.9 Å². The highest BCUT2D eigenvalue weighted by Crippen LogP contribution is 2.35. The molecule has 0 bridgehead atoms. The first-order chi connectivity index (χ1) is 21.6. The number of ether oxygens (including phenoxy) is 2. The SMILES string of the molecule is Cc1cc(C(=O)Nc2cccc3c2O[C@@H](CN(C)Cc2ccc(Oc4ccccc4)cc2)[C@H](C)CN([C@@H](C)CO)C3=O)n(C)n1. The summed E-state index contributed by atoms with van der Waals surface area (Å²) >= 11 is 0. The summed E-state index contributed by atoms with van der Waals surface area (Å²) in [6.45, 7) is 7.16. The molecule has 2 N–H and O–H groups in total. The number of aliphatic hydroxyl groups is 1. The number of benzene rings is 3. The van der Waals surface area contributed by atoms with E-state index in [4.69, 9.17) is 9.47 Å². The number of aliphatic hydroxyl groups excluding tert-OH is 1. The van der Waals surface area contributed by atoms with Crippen LogP contribution in [0, 0.1) is 12.8 Å². The molecule has 10 nitrogen and oxygen atoms in total. The van der Waals surface area contributed by atoms with E-state index in [0.717, 1.165) is 22.8 Å². The number of anilines is 1. The summed E-state index contributed by atoms with van der Waals surface area (Å²) < 4.78 is 14.1. The molecule has 0 spiro atoms. The van der Waals surface area contributed by atoms with E-state index in [1.165, 1.54) is 4.68 Å². The topological polar surface area (TPSA) is 109 Å². The number of aryl methyl sites for hydroxylation is 2.